The first-order chi connectivity index (χ1) is 18.2. The number of rotatable bonds is 3. The van der Waals surface area contributed by atoms with Gasteiger partial charge in [-0.25, -0.2) is 0 Å². The number of imide groups is 1. The number of fused-ring (bicyclic) bond motifs is 9. The number of thiazole rings is 1. The summed E-state index contributed by atoms with van der Waals surface area (Å²) >= 11 is 8.74. The lowest BCUT2D eigenvalue weighted by Crippen LogP contribution is -2.42. The predicted molar refractivity (Wildman–Crippen MR) is 140 cm³/mol. The number of amides is 2. The number of hydrogen-bond acceptors (Lipinski definition) is 6. The van der Waals surface area contributed by atoms with Crippen molar-refractivity contribution >= 4 is 52.8 Å². The lowest BCUT2D eigenvalue weighted by Gasteiger charge is -2.43. The average molecular weight is 575 g/mol. The van der Waals surface area contributed by atoms with Gasteiger partial charge in [-0.15, -0.1) is 23.1 Å². The van der Waals surface area contributed by atoms with Gasteiger partial charge in [-0.3, -0.25) is 14.5 Å². The molecule has 5 nitrogen and oxygen atoms in total. The molecule has 7 atom stereocenters. The fourth-order valence-corrected chi connectivity index (χ4v) is 10.6. The molecular weight excluding hydrogens is 554 g/mol. The van der Waals surface area contributed by atoms with Gasteiger partial charge in [0.15, 0.2) is 3.95 Å². The van der Waals surface area contributed by atoms with Crippen LogP contribution in [0.15, 0.2) is 53.6 Å². The number of ether oxygens (including phenoxy) is 1. The van der Waals surface area contributed by atoms with Crippen LogP contribution in [0.5, 0.6) is 5.75 Å². The van der Waals surface area contributed by atoms with Crippen LogP contribution < -0.4 is 9.64 Å². The van der Waals surface area contributed by atoms with Crippen LogP contribution in [0.1, 0.15) is 28.3 Å². The van der Waals surface area contributed by atoms with E-state index in [2.05, 4.69) is 4.98 Å². The molecule has 0 radical (unpaired) electrons. The summed E-state index contributed by atoms with van der Waals surface area (Å²) in [6, 6.07) is 12.4. The van der Waals surface area contributed by atoms with Gasteiger partial charge in [-0.2, -0.15) is 13.2 Å². The summed E-state index contributed by atoms with van der Waals surface area (Å²) in [6.45, 7) is 0. The van der Waals surface area contributed by atoms with E-state index in [1.165, 1.54) is 12.1 Å². The first kappa shape index (κ1) is 24.4. The Labute approximate surface area is 229 Å². The number of carbonyl (C=O) groups is 2. The third-order valence-corrected chi connectivity index (χ3v) is 11.6. The molecule has 1 N–H and O–H groups in total. The third-order valence-electron chi connectivity index (χ3n) is 8.63. The van der Waals surface area contributed by atoms with Crippen molar-refractivity contribution in [2.24, 2.45) is 29.6 Å². The maximum absolute atomic E-state index is 13.8. The van der Waals surface area contributed by atoms with E-state index in [0.29, 0.717) is 3.95 Å². The topological polar surface area (TPSA) is 62.4 Å². The van der Waals surface area contributed by atoms with Crippen molar-refractivity contribution in [3.63, 3.8) is 0 Å². The third kappa shape index (κ3) is 3.40. The second-order valence-electron chi connectivity index (χ2n) is 10.3. The van der Waals surface area contributed by atoms with Crippen molar-refractivity contribution in [3.8, 4) is 5.75 Å². The maximum Gasteiger partial charge on any atom is 0.416 e. The molecule has 2 saturated carbocycles. The van der Waals surface area contributed by atoms with Crippen molar-refractivity contribution in [1.82, 2.24) is 4.98 Å². The number of methoxy groups -OCH3 is 1. The van der Waals surface area contributed by atoms with Gasteiger partial charge in [0.2, 0.25) is 11.8 Å². The Hall–Kier alpha value is -2.63. The molecule has 1 aromatic heterocycles. The number of aromatic amines is 1. The van der Waals surface area contributed by atoms with Crippen LogP contribution >= 0.6 is 35.3 Å². The molecule has 2 aromatic carbocycles. The molecule has 2 aliphatic heterocycles. The molecule has 1 saturated heterocycles. The van der Waals surface area contributed by atoms with Crippen LogP contribution in [0.25, 0.3) is 0 Å². The number of carbonyl (C=O) groups excluding carboxylic acids is 2. The van der Waals surface area contributed by atoms with Crippen LogP contribution in [0, 0.1) is 33.5 Å². The number of alkyl halides is 3. The number of aromatic nitrogens is 1. The summed E-state index contributed by atoms with van der Waals surface area (Å²) < 4.78 is 46.2. The number of thioether (sulfide) groups is 1. The van der Waals surface area contributed by atoms with E-state index in [1.54, 1.807) is 30.2 Å². The number of hydrogen-bond donors (Lipinski definition) is 1. The summed E-state index contributed by atoms with van der Waals surface area (Å²) in [6.07, 6.45) is -3.81. The fourth-order valence-electron chi connectivity index (χ4n) is 7.28. The normalized spacial score (nSPS) is 31.4. The van der Waals surface area contributed by atoms with E-state index < -0.39 is 23.6 Å². The lowest BCUT2D eigenvalue weighted by molar-refractivity contribution is -0.137. The highest BCUT2D eigenvalue weighted by Gasteiger charge is 2.69. The van der Waals surface area contributed by atoms with Gasteiger partial charge in [-0.05, 0) is 72.3 Å². The Morgan fingerprint density at radius 2 is 1.76 bits per heavy atom. The minimum Gasteiger partial charge on any atom is -0.497 e. The van der Waals surface area contributed by atoms with E-state index >= 15 is 0 Å². The Morgan fingerprint density at radius 3 is 2.45 bits per heavy atom. The molecular formula is C27H21F3N2O3S3. The zero-order valence-corrected chi connectivity index (χ0v) is 22.3. The van der Waals surface area contributed by atoms with E-state index in [0.717, 1.165) is 44.7 Å². The molecule has 11 heteroatoms. The average Bonchev–Trinajstić information content (AvgIpc) is 3.62. The van der Waals surface area contributed by atoms with E-state index in [1.807, 2.05) is 24.3 Å². The number of H-pyrrole nitrogens is 1. The van der Waals surface area contributed by atoms with Crippen LogP contribution in [0.2, 0.25) is 0 Å². The van der Waals surface area contributed by atoms with Crippen molar-refractivity contribution in [3.05, 3.63) is 68.5 Å². The van der Waals surface area contributed by atoms with Crippen molar-refractivity contribution in [2.45, 2.75) is 28.8 Å². The van der Waals surface area contributed by atoms with Gasteiger partial charge in [0.25, 0.3) is 0 Å². The highest BCUT2D eigenvalue weighted by atomic mass is 32.2. The monoisotopic (exact) mass is 574 g/mol. The quantitative estimate of drug-likeness (QED) is 0.286. The first-order valence-electron chi connectivity index (χ1n) is 12.3. The smallest absolute Gasteiger partial charge is 0.416 e. The zero-order chi connectivity index (χ0) is 26.5. The highest BCUT2D eigenvalue weighted by molar-refractivity contribution is 8.00. The van der Waals surface area contributed by atoms with Gasteiger partial charge >= 0.3 is 6.18 Å². The molecule has 0 spiro atoms. The van der Waals surface area contributed by atoms with Crippen LogP contribution in [-0.2, 0) is 15.8 Å². The summed E-state index contributed by atoms with van der Waals surface area (Å²) in [5, 5.41) is 1.11. The Kier molecular flexibility index (Phi) is 5.42. The Morgan fingerprint density at radius 1 is 1.05 bits per heavy atom. The molecule has 196 valence electrons. The van der Waals surface area contributed by atoms with Gasteiger partial charge in [0.05, 0.1) is 35.2 Å². The molecule has 4 aliphatic rings. The van der Waals surface area contributed by atoms with Gasteiger partial charge in [-0.1, -0.05) is 18.2 Å². The van der Waals surface area contributed by atoms with Crippen LogP contribution in [0.3, 0.4) is 0 Å². The molecule has 2 bridgehead atoms. The summed E-state index contributed by atoms with van der Waals surface area (Å²) in [5.41, 5.74) is 0.219. The van der Waals surface area contributed by atoms with Gasteiger partial charge in [0.1, 0.15) is 5.75 Å². The predicted octanol–water partition coefficient (Wildman–Crippen LogP) is 6.51. The van der Waals surface area contributed by atoms with Crippen LogP contribution in [0.4, 0.5) is 18.9 Å². The maximum atomic E-state index is 13.8. The van der Waals surface area contributed by atoms with Crippen molar-refractivity contribution < 1.29 is 27.5 Å². The molecule has 3 fully saturated rings. The molecule has 38 heavy (non-hydrogen) atoms. The molecule has 7 rings (SSSR count). The second-order valence-corrected chi connectivity index (χ2v) is 13.2. The summed E-state index contributed by atoms with van der Waals surface area (Å²) in [5.74, 6) is -1.04. The van der Waals surface area contributed by atoms with E-state index in [9.17, 15) is 22.8 Å². The molecule has 2 aliphatic carbocycles. The van der Waals surface area contributed by atoms with Crippen molar-refractivity contribution in [2.75, 3.05) is 12.0 Å². The number of halogens is 3. The number of benzene rings is 2. The second kappa shape index (κ2) is 8.43. The molecule has 2 amide bonds. The van der Waals surface area contributed by atoms with E-state index in [-0.39, 0.29) is 46.4 Å². The number of nitrogens with one attached hydrogen (secondary N) is 1. The minimum atomic E-state index is -4.56. The number of nitrogens with zero attached hydrogens (tertiary/aromatic N) is 1. The largest absolute Gasteiger partial charge is 0.497 e. The van der Waals surface area contributed by atoms with E-state index in [4.69, 9.17) is 17.0 Å². The Bertz CT molecular complexity index is 1530. The standard InChI is InChI=1S/C27H21F3N2O3S3/c1-35-14-7-5-11(6-8-14)17-18-15-10-16(21(18)37-23-22(17)38-26(36)31-23)20-19(15)24(33)32(25(20)34)13-4-2-3-12(9-13)27(28,29)30/h2-9,15-21H,10H2,1H3,(H,31,36). The first-order valence-corrected chi connectivity index (χ1v) is 14.4. The summed E-state index contributed by atoms with van der Waals surface area (Å²) in [7, 11) is 1.62. The van der Waals surface area contributed by atoms with Crippen molar-refractivity contribution in [1.29, 1.82) is 0 Å². The summed E-state index contributed by atoms with van der Waals surface area (Å²) in [4.78, 5) is 32.9. The number of anilines is 1. The highest BCUT2D eigenvalue weighted by Crippen LogP contribution is 2.69. The lowest BCUT2D eigenvalue weighted by atomic mass is 9.68. The van der Waals surface area contributed by atoms with Gasteiger partial charge < -0.3 is 9.72 Å². The minimum absolute atomic E-state index is 0.00145. The SMILES string of the molecule is COc1ccc(C2c3sc(=S)[nH]c3SC3C4CC(C5C(=O)N(c6cccc(C(F)(F)F)c6)C(=O)C45)C23)cc1. The van der Waals surface area contributed by atoms with Crippen LogP contribution in [-0.4, -0.2) is 29.2 Å². The molecule has 3 heterocycles. The van der Waals surface area contributed by atoms with Gasteiger partial charge in [0, 0.05) is 16.0 Å². The Balaban J connectivity index is 1.29. The zero-order valence-electron chi connectivity index (χ0n) is 19.9. The molecule has 7 unspecified atom stereocenters. The fraction of sp³-hybridized carbons (Fsp3) is 0.370. The molecule has 3 aromatic rings.